The maximum absolute atomic E-state index is 12.7. The van der Waals surface area contributed by atoms with Crippen LogP contribution < -0.4 is 9.47 Å². The molecule has 7 rings (SSSR count). The van der Waals surface area contributed by atoms with E-state index in [2.05, 4.69) is 0 Å². The minimum atomic E-state index is -0.354. The molecular weight excluding hydrogens is 450 g/mol. The summed E-state index contributed by atoms with van der Waals surface area (Å²) in [6.07, 6.45) is 9.16. The van der Waals surface area contributed by atoms with Crippen LogP contribution in [0.3, 0.4) is 0 Å². The number of nitrogens with zero attached hydrogens (tertiary/aromatic N) is 1. The lowest BCUT2D eigenvalue weighted by atomic mass is 9.49. The summed E-state index contributed by atoms with van der Waals surface area (Å²) in [4.78, 5) is 17.5. The Kier molecular flexibility index (Phi) is 5.40. The molecule has 2 aromatic carbocycles. The van der Waals surface area contributed by atoms with Crippen LogP contribution in [0.5, 0.6) is 11.5 Å². The van der Waals surface area contributed by atoms with Crippen molar-refractivity contribution < 1.29 is 19.0 Å². The number of carbonyl (C=O) groups excluding carboxylic acids is 1. The van der Waals surface area contributed by atoms with Gasteiger partial charge in [0.05, 0.1) is 7.11 Å². The lowest BCUT2D eigenvalue weighted by molar-refractivity contribution is -0.131. The Hall–Kier alpha value is -2.79. The van der Waals surface area contributed by atoms with E-state index < -0.39 is 0 Å². The quantitative estimate of drug-likeness (QED) is 0.355. The van der Waals surface area contributed by atoms with Crippen molar-refractivity contribution in [2.75, 3.05) is 7.11 Å². The van der Waals surface area contributed by atoms with Crippen molar-refractivity contribution >= 4 is 29.5 Å². The van der Waals surface area contributed by atoms with Crippen LogP contribution in [0.25, 0.3) is 6.08 Å². The molecule has 2 aromatic rings. The molecule has 6 heteroatoms. The van der Waals surface area contributed by atoms with Gasteiger partial charge in [-0.05, 0) is 97.7 Å². The van der Waals surface area contributed by atoms with Crippen molar-refractivity contribution in [2.24, 2.45) is 28.2 Å². The van der Waals surface area contributed by atoms with Crippen LogP contribution in [-0.4, -0.2) is 19.0 Å². The highest BCUT2D eigenvalue weighted by Crippen LogP contribution is 2.61. The number of benzene rings is 2. The number of hydrogen-bond donors (Lipinski definition) is 0. The van der Waals surface area contributed by atoms with Gasteiger partial charge in [-0.15, -0.1) is 0 Å². The summed E-state index contributed by atoms with van der Waals surface area (Å²) in [5, 5.41) is 0.693. The van der Waals surface area contributed by atoms with E-state index in [0.29, 0.717) is 34.7 Å². The average molecular weight is 478 g/mol. The Morgan fingerprint density at radius 3 is 2.35 bits per heavy atom. The van der Waals surface area contributed by atoms with Crippen molar-refractivity contribution in [3.63, 3.8) is 0 Å². The predicted octanol–water partition coefficient (Wildman–Crippen LogP) is 6.44. The topological polar surface area (TPSA) is 57.1 Å². The Bertz CT molecular complexity index is 1150. The first kappa shape index (κ1) is 21.7. The van der Waals surface area contributed by atoms with Gasteiger partial charge < -0.3 is 14.2 Å². The van der Waals surface area contributed by atoms with E-state index in [1.54, 1.807) is 13.2 Å². The first-order valence-corrected chi connectivity index (χ1v) is 12.5. The molecule has 0 atom stereocenters. The molecule has 4 saturated carbocycles. The zero-order valence-corrected chi connectivity index (χ0v) is 20.0. The average Bonchev–Trinajstić information content (AvgIpc) is 3.19. The van der Waals surface area contributed by atoms with Gasteiger partial charge in [0.15, 0.2) is 17.2 Å². The summed E-state index contributed by atoms with van der Waals surface area (Å²) >= 11 is 5.95. The third kappa shape index (κ3) is 4.00. The van der Waals surface area contributed by atoms with Gasteiger partial charge in [-0.3, -0.25) is 0 Å². The van der Waals surface area contributed by atoms with Crippen LogP contribution in [0.15, 0.2) is 53.2 Å². The summed E-state index contributed by atoms with van der Waals surface area (Å²) in [5.74, 6) is 3.85. The van der Waals surface area contributed by atoms with Gasteiger partial charge >= 0.3 is 5.97 Å². The second-order valence-electron chi connectivity index (χ2n) is 10.4. The number of methoxy groups -OCH3 is 1. The summed E-state index contributed by atoms with van der Waals surface area (Å²) in [6.45, 7) is 0.402. The highest BCUT2D eigenvalue weighted by atomic mass is 35.5. The number of aliphatic imine (C=N–C) groups is 1. The second-order valence-corrected chi connectivity index (χ2v) is 10.8. The molecule has 4 bridgehead atoms. The Morgan fingerprint density at radius 2 is 1.71 bits per heavy atom. The molecule has 0 amide bonds. The van der Waals surface area contributed by atoms with E-state index in [1.807, 2.05) is 42.5 Å². The van der Waals surface area contributed by atoms with Crippen LogP contribution in [0.2, 0.25) is 5.02 Å². The zero-order valence-electron chi connectivity index (χ0n) is 19.3. The molecule has 0 saturated heterocycles. The minimum Gasteiger partial charge on any atom is -0.493 e. The third-order valence-electron chi connectivity index (χ3n) is 7.91. The third-order valence-corrected chi connectivity index (χ3v) is 8.16. The molecule has 5 nitrogen and oxygen atoms in total. The SMILES string of the molecule is COc1cc(/C=C2\N=C(C34CC5CC(CC(C5)C3)C4)OC2=O)ccc1OCc1ccc(Cl)cc1. The van der Waals surface area contributed by atoms with Crippen LogP contribution >= 0.6 is 11.6 Å². The Balaban J connectivity index is 1.21. The molecule has 0 spiro atoms. The fraction of sp³-hybridized carbons (Fsp3) is 0.429. The molecule has 0 unspecified atom stereocenters. The molecule has 1 heterocycles. The zero-order chi connectivity index (χ0) is 23.3. The van der Waals surface area contributed by atoms with Crippen LogP contribution in [0.4, 0.5) is 0 Å². The predicted molar refractivity (Wildman–Crippen MR) is 131 cm³/mol. The van der Waals surface area contributed by atoms with Crippen LogP contribution in [-0.2, 0) is 16.1 Å². The molecule has 5 aliphatic rings. The van der Waals surface area contributed by atoms with Crippen molar-refractivity contribution in [3.05, 3.63) is 64.3 Å². The normalized spacial score (nSPS) is 30.4. The van der Waals surface area contributed by atoms with E-state index >= 15 is 0 Å². The number of carbonyl (C=O) groups is 1. The summed E-state index contributed by atoms with van der Waals surface area (Å²) in [7, 11) is 1.61. The largest absolute Gasteiger partial charge is 0.493 e. The molecule has 4 aliphatic carbocycles. The maximum atomic E-state index is 12.7. The molecule has 0 N–H and O–H groups in total. The number of cyclic esters (lactones) is 1. The van der Waals surface area contributed by atoms with E-state index in [1.165, 1.54) is 19.3 Å². The first-order chi connectivity index (χ1) is 16.5. The second kappa shape index (κ2) is 8.46. The van der Waals surface area contributed by atoms with Gasteiger partial charge in [-0.2, -0.15) is 0 Å². The van der Waals surface area contributed by atoms with E-state index in [0.717, 1.165) is 48.1 Å². The summed E-state index contributed by atoms with van der Waals surface area (Å²) in [5.41, 5.74) is 2.16. The van der Waals surface area contributed by atoms with Crippen molar-refractivity contribution in [3.8, 4) is 11.5 Å². The number of rotatable bonds is 6. The number of ether oxygens (including phenoxy) is 3. The molecule has 0 aromatic heterocycles. The molecule has 4 fully saturated rings. The van der Waals surface area contributed by atoms with Crippen molar-refractivity contribution in [1.82, 2.24) is 0 Å². The van der Waals surface area contributed by atoms with Crippen molar-refractivity contribution in [1.29, 1.82) is 0 Å². The standard InChI is InChI=1S/C28H28ClNO4/c1-32-25-12-18(4-7-24(25)33-16-17-2-5-22(29)6-3-17)11-23-26(31)34-27(30-23)28-13-19-8-20(14-28)10-21(9-19)15-28/h2-7,11-12,19-21H,8-10,13-16H2,1H3/b23-11-. The smallest absolute Gasteiger partial charge is 0.363 e. The van der Waals surface area contributed by atoms with E-state index in [4.69, 9.17) is 30.8 Å². The molecule has 0 radical (unpaired) electrons. The fourth-order valence-corrected chi connectivity index (χ4v) is 6.93. The van der Waals surface area contributed by atoms with Gasteiger partial charge in [0.2, 0.25) is 5.90 Å². The monoisotopic (exact) mass is 477 g/mol. The van der Waals surface area contributed by atoms with Crippen molar-refractivity contribution in [2.45, 2.75) is 45.1 Å². The van der Waals surface area contributed by atoms with Gasteiger partial charge in [0, 0.05) is 10.4 Å². The lowest BCUT2D eigenvalue weighted by Gasteiger charge is -2.55. The molecular formula is C28H28ClNO4. The van der Waals surface area contributed by atoms with E-state index in [-0.39, 0.29) is 11.4 Å². The van der Waals surface area contributed by atoms with Gasteiger partial charge in [-0.25, -0.2) is 9.79 Å². The number of hydrogen-bond acceptors (Lipinski definition) is 5. The van der Waals surface area contributed by atoms with Crippen LogP contribution in [0.1, 0.15) is 49.7 Å². The number of esters is 1. The first-order valence-electron chi connectivity index (χ1n) is 12.1. The molecule has 1 aliphatic heterocycles. The summed E-state index contributed by atoms with van der Waals surface area (Å²) in [6, 6.07) is 13.1. The van der Waals surface area contributed by atoms with Crippen LogP contribution in [0, 0.1) is 23.2 Å². The minimum absolute atomic E-state index is 0.0307. The maximum Gasteiger partial charge on any atom is 0.363 e. The number of halogens is 1. The molecule has 176 valence electrons. The summed E-state index contributed by atoms with van der Waals surface area (Å²) < 4.78 is 17.3. The van der Waals surface area contributed by atoms with Gasteiger partial charge in [-0.1, -0.05) is 29.8 Å². The highest BCUT2D eigenvalue weighted by molar-refractivity contribution is 6.30. The Labute approximate surface area is 204 Å². The van der Waals surface area contributed by atoms with E-state index in [9.17, 15) is 4.79 Å². The fourth-order valence-electron chi connectivity index (χ4n) is 6.80. The Morgan fingerprint density at radius 1 is 1.03 bits per heavy atom. The molecule has 34 heavy (non-hydrogen) atoms. The highest BCUT2D eigenvalue weighted by Gasteiger charge is 2.55. The van der Waals surface area contributed by atoms with Gasteiger partial charge in [0.25, 0.3) is 0 Å². The van der Waals surface area contributed by atoms with Gasteiger partial charge in [0.1, 0.15) is 6.61 Å². The lowest BCUT2D eigenvalue weighted by Crippen LogP contribution is -2.50.